The molecule has 0 aromatic carbocycles. The van der Waals surface area contributed by atoms with Gasteiger partial charge in [-0.1, -0.05) is 5.21 Å². The van der Waals surface area contributed by atoms with Crippen LogP contribution in [0.4, 0.5) is 0 Å². The maximum atomic E-state index is 12.1. The van der Waals surface area contributed by atoms with Crippen molar-refractivity contribution in [2.75, 3.05) is 13.1 Å². The molecule has 0 radical (unpaired) electrons. The largest absolute Gasteiger partial charge is 0.340 e. The Balaban J connectivity index is 1.60. The molecule has 0 saturated carbocycles. The Labute approximate surface area is 109 Å². The van der Waals surface area contributed by atoms with Crippen LogP contribution < -0.4 is 0 Å². The zero-order valence-electron chi connectivity index (χ0n) is 9.90. The summed E-state index contributed by atoms with van der Waals surface area (Å²) < 4.78 is 1.85. The highest BCUT2D eigenvalue weighted by molar-refractivity contribution is 7.07. The average Bonchev–Trinajstić information content (AvgIpc) is 3.11. The molecular formula is C12H14N4OS. The summed E-state index contributed by atoms with van der Waals surface area (Å²) in [4.78, 5) is 14.0. The third kappa shape index (κ3) is 2.28. The van der Waals surface area contributed by atoms with E-state index in [1.807, 2.05) is 32.6 Å². The van der Waals surface area contributed by atoms with Crippen LogP contribution in [0.5, 0.6) is 0 Å². The number of carbonyl (C=O) groups is 1. The standard InChI is InChI=1S/C12H14N4OS/c17-12(7-10-2-6-18-9-10)15-4-1-11(8-15)16-5-3-13-14-16/h2-3,5-6,9,11H,1,4,7-8H2/t11-/m0/s1. The zero-order chi connectivity index (χ0) is 12.4. The molecule has 0 N–H and O–H groups in total. The molecule has 1 atom stereocenters. The van der Waals surface area contributed by atoms with Crippen molar-refractivity contribution in [2.24, 2.45) is 0 Å². The predicted octanol–water partition coefficient (Wildman–Crippen LogP) is 1.36. The SMILES string of the molecule is O=C(Cc1ccsc1)N1CC[C@H](n2ccnn2)C1. The lowest BCUT2D eigenvalue weighted by Gasteiger charge is -2.16. The van der Waals surface area contributed by atoms with Crippen molar-refractivity contribution in [3.8, 4) is 0 Å². The molecule has 18 heavy (non-hydrogen) atoms. The number of thiophene rings is 1. The molecular weight excluding hydrogens is 248 g/mol. The van der Waals surface area contributed by atoms with E-state index in [0.29, 0.717) is 6.42 Å². The minimum atomic E-state index is 0.205. The summed E-state index contributed by atoms with van der Waals surface area (Å²) in [6.45, 7) is 1.56. The first-order valence-electron chi connectivity index (χ1n) is 5.97. The van der Waals surface area contributed by atoms with Crippen molar-refractivity contribution in [3.63, 3.8) is 0 Å². The molecule has 1 aliphatic heterocycles. The van der Waals surface area contributed by atoms with Gasteiger partial charge in [-0.3, -0.25) is 4.79 Å². The second kappa shape index (κ2) is 4.89. The van der Waals surface area contributed by atoms with Crippen LogP contribution in [0.15, 0.2) is 29.2 Å². The summed E-state index contributed by atoms with van der Waals surface area (Å²) in [5, 5.41) is 11.8. The highest BCUT2D eigenvalue weighted by Gasteiger charge is 2.27. The van der Waals surface area contributed by atoms with E-state index >= 15 is 0 Å². The number of carbonyl (C=O) groups excluding carboxylic acids is 1. The molecule has 3 heterocycles. The van der Waals surface area contributed by atoms with Crippen molar-refractivity contribution >= 4 is 17.2 Å². The Kier molecular flexibility index (Phi) is 3.10. The van der Waals surface area contributed by atoms with Crippen molar-refractivity contribution in [3.05, 3.63) is 34.8 Å². The number of aromatic nitrogens is 3. The third-order valence-electron chi connectivity index (χ3n) is 3.27. The van der Waals surface area contributed by atoms with E-state index in [0.717, 1.165) is 25.1 Å². The second-order valence-electron chi connectivity index (χ2n) is 4.47. The van der Waals surface area contributed by atoms with Crippen LogP contribution in [0, 0.1) is 0 Å². The Morgan fingerprint density at radius 3 is 3.22 bits per heavy atom. The number of nitrogens with zero attached hydrogens (tertiary/aromatic N) is 4. The maximum Gasteiger partial charge on any atom is 0.227 e. The Morgan fingerprint density at radius 1 is 1.56 bits per heavy atom. The van der Waals surface area contributed by atoms with Crippen molar-refractivity contribution in [1.29, 1.82) is 0 Å². The fourth-order valence-electron chi connectivity index (χ4n) is 2.28. The van der Waals surface area contributed by atoms with Crippen LogP contribution in [0.2, 0.25) is 0 Å². The zero-order valence-corrected chi connectivity index (χ0v) is 10.7. The summed E-state index contributed by atoms with van der Waals surface area (Å²) in [5.74, 6) is 0.205. The van der Waals surface area contributed by atoms with Gasteiger partial charge in [-0.2, -0.15) is 11.3 Å². The highest BCUT2D eigenvalue weighted by Crippen LogP contribution is 2.21. The smallest absolute Gasteiger partial charge is 0.227 e. The van der Waals surface area contributed by atoms with Gasteiger partial charge in [-0.05, 0) is 28.8 Å². The molecule has 1 saturated heterocycles. The minimum absolute atomic E-state index is 0.205. The van der Waals surface area contributed by atoms with Gasteiger partial charge in [0.25, 0.3) is 0 Å². The number of likely N-dealkylation sites (tertiary alicyclic amines) is 1. The molecule has 1 amide bonds. The first-order valence-corrected chi connectivity index (χ1v) is 6.92. The molecule has 3 rings (SSSR count). The average molecular weight is 262 g/mol. The van der Waals surface area contributed by atoms with E-state index in [1.165, 1.54) is 0 Å². The van der Waals surface area contributed by atoms with Crippen LogP contribution in [0.25, 0.3) is 0 Å². The lowest BCUT2D eigenvalue weighted by molar-refractivity contribution is -0.129. The molecule has 2 aromatic heterocycles. The monoisotopic (exact) mass is 262 g/mol. The molecule has 0 aliphatic carbocycles. The molecule has 1 fully saturated rings. The highest BCUT2D eigenvalue weighted by atomic mass is 32.1. The van der Waals surface area contributed by atoms with Crippen molar-refractivity contribution in [1.82, 2.24) is 19.9 Å². The van der Waals surface area contributed by atoms with Gasteiger partial charge in [0.05, 0.1) is 18.7 Å². The Bertz CT molecular complexity index is 508. The van der Waals surface area contributed by atoms with Crippen LogP contribution in [-0.2, 0) is 11.2 Å². The molecule has 0 bridgehead atoms. The van der Waals surface area contributed by atoms with Gasteiger partial charge in [0.15, 0.2) is 0 Å². The van der Waals surface area contributed by atoms with Crippen molar-refractivity contribution in [2.45, 2.75) is 18.9 Å². The lowest BCUT2D eigenvalue weighted by atomic mass is 10.2. The summed E-state index contributed by atoms with van der Waals surface area (Å²) in [7, 11) is 0. The first-order chi connectivity index (χ1) is 8.83. The normalized spacial score (nSPS) is 19.3. The summed E-state index contributed by atoms with van der Waals surface area (Å²) in [5.41, 5.74) is 1.11. The Hall–Kier alpha value is -1.69. The van der Waals surface area contributed by atoms with Crippen LogP contribution in [0.3, 0.4) is 0 Å². The Morgan fingerprint density at radius 2 is 2.50 bits per heavy atom. The van der Waals surface area contributed by atoms with E-state index in [4.69, 9.17) is 0 Å². The van der Waals surface area contributed by atoms with Crippen LogP contribution >= 0.6 is 11.3 Å². The van der Waals surface area contributed by atoms with Gasteiger partial charge in [-0.15, -0.1) is 5.10 Å². The number of hydrogen-bond donors (Lipinski definition) is 0. The minimum Gasteiger partial charge on any atom is -0.340 e. The van der Waals surface area contributed by atoms with Crippen molar-refractivity contribution < 1.29 is 4.79 Å². The van der Waals surface area contributed by atoms with Gasteiger partial charge in [-0.25, -0.2) is 4.68 Å². The van der Waals surface area contributed by atoms with Gasteiger partial charge in [0, 0.05) is 19.3 Å². The molecule has 2 aromatic rings. The number of hydrogen-bond acceptors (Lipinski definition) is 4. The second-order valence-corrected chi connectivity index (χ2v) is 5.25. The molecule has 1 aliphatic rings. The van der Waals surface area contributed by atoms with Gasteiger partial charge in [0.1, 0.15) is 0 Å². The van der Waals surface area contributed by atoms with Crippen LogP contribution in [-0.4, -0.2) is 38.9 Å². The van der Waals surface area contributed by atoms with Crippen LogP contribution in [0.1, 0.15) is 18.0 Å². The topological polar surface area (TPSA) is 51.0 Å². The molecule has 5 nitrogen and oxygen atoms in total. The van der Waals surface area contributed by atoms with E-state index in [1.54, 1.807) is 17.5 Å². The van der Waals surface area contributed by atoms with E-state index < -0.39 is 0 Å². The number of rotatable bonds is 3. The quantitative estimate of drug-likeness (QED) is 0.839. The molecule has 0 unspecified atom stereocenters. The molecule has 0 spiro atoms. The van der Waals surface area contributed by atoms with E-state index in [9.17, 15) is 4.79 Å². The van der Waals surface area contributed by atoms with E-state index in [-0.39, 0.29) is 11.9 Å². The first kappa shape index (κ1) is 11.4. The van der Waals surface area contributed by atoms with Gasteiger partial charge in [0.2, 0.25) is 5.91 Å². The molecule has 94 valence electrons. The fourth-order valence-corrected chi connectivity index (χ4v) is 2.94. The van der Waals surface area contributed by atoms with E-state index in [2.05, 4.69) is 10.3 Å². The summed E-state index contributed by atoms with van der Waals surface area (Å²) >= 11 is 1.63. The summed E-state index contributed by atoms with van der Waals surface area (Å²) in [6, 6.07) is 2.28. The number of amides is 1. The van der Waals surface area contributed by atoms with Gasteiger partial charge < -0.3 is 4.90 Å². The lowest BCUT2D eigenvalue weighted by Crippen LogP contribution is -2.30. The van der Waals surface area contributed by atoms with Gasteiger partial charge >= 0.3 is 0 Å². The molecule has 6 heteroatoms. The summed E-state index contributed by atoms with van der Waals surface area (Å²) in [6.07, 6.45) is 5.00. The third-order valence-corrected chi connectivity index (χ3v) is 4.00. The fraction of sp³-hybridized carbons (Fsp3) is 0.417. The maximum absolute atomic E-state index is 12.1. The predicted molar refractivity (Wildman–Crippen MR) is 68.3 cm³/mol.